The van der Waals surface area contributed by atoms with Gasteiger partial charge in [-0.3, -0.25) is 0 Å². The Morgan fingerprint density at radius 2 is 1.60 bits per heavy atom. The van der Waals surface area contributed by atoms with Crippen molar-refractivity contribution in [2.24, 2.45) is 0 Å². The lowest BCUT2D eigenvalue weighted by molar-refractivity contribution is -0.137. The molecule has 2 fully saturated rings. The van der Waals surface area contributed by atoms with Gasteiger partial charge in [-0.2, -0.15) is 22.5 Å². The van der Waals surface area contributed by atoms with E-state index in [1.807, 2.05) is 4.90 Å². The molecule has 2 saturated heterocycles. The lowest BCUT2D eigenvalue weighted by atomic mass is 10.2. The van der Waals surface area contributed by atoms with Crippen molar-refractivity contribution in [3.63, 3.8) is 0 Å². The Morgan fingerprint density at radius 1 is 0.900 bits per heavy atom. The maximum Gasteiger partial charge on any atom is 0.416 e. The van der Waals surface area contributed by atoms with Crippen LogP contribution in [0.15, 0.2) is 41.4 Å². The number of nitrogens with zero attached hydrogens (tertiary/aromatic N) is 5. The van der Waals surface area contributed by atoms with Gasteiger partial charge in [0, 0.05) is 45.5 Å². The van der Waals surface area contributed by atoms with Crippen LogP contribution in [-0.2, 0) is 16.2 Å². The lowest BCUT2D eigenvalue weighted by Crippen LogP contribution is -2.49. The van der Waals surface area contributed by atoms with Crippen molar-refractivity contribution in [3.8, 4) is 0 Å². The van der Waals surface area contributed by atoms with E-state index < -0.39 is 21.8 Å². The van der Waals surface area contributed by atoms with E-state index in [9.17, 15) is 21.6 Å². The molecule has 1 aromatic heterocycles. The van der Waals surface area contributed by atoms with Gasteiger partial charge in [0.1, 0.15) is 5.82 Å². The minimum atomic E-state index is -4.59. The molecule has 0 unspecified atom stereocenters. The molecule has 0 spiro atoms. The van der Waals surface area contributed by atoms with Gasteiger partial charge in [-0.25, -0.2) is 13.4 Å². The average molecular weight is 441 g/mol. The highest BCUT2D eigenvalue weighted by Gasteiger charge is 2.34. The summed E-state index contributed by atoms with van der Waals surface area (Å²) in [5.74, 6) is 1.40. The zero-order valence-electron chi connectivity index (χ0n) is 16.2. The Labute approximate surface area is 173 Å². The molecule has 0 N–H and O–H groups in total. The molecule has 4 rings (SSSR count). The Balaban J connectivity index is 1.46. The molecule has 30 heavy (non-hydrogen) atoms. The second kappa shape index (κ2) is 8.03. The fourth-order valence-electron chi connectivity index (χ4n) is 3.72. The zero-order valence-corrected chi connectivity index (χ0v) is 17.0. The summed E-state index contributed by atoms with van der Waals surface area (Å²) in [5, 5.41) is 0. The number of benzene rings is 1. The molecule has 7 nitrogen and oxygen atoms in total. The van der Waals surface area contributed by atoms with Gasteiger partial charge in [-0.15, -0.1) is 0 Å². The van der Waals surface area contributed by atoms with E-state index in [0.29, 0.717) is 25.1 Å². The van der Waals surface area contributed by atoms with Crippen molar-refractivity contribution >= 4 is 21.8 Å². The van der Waals surface area contributed by atoms with Gasteiger partial charge in [0.15, 0.2) is 0 Å². The first-order valence-electron chi connectivity index (χ1n) is 9.75. The monoisotopic (exact) mass is 441 g/mol. The van der Waals surface area contributed by atoms with E-state index in [0.717, 1.165) is 43.9 Å². The van der Waals surface area contributed by atoms with E-state index in [2.05, 4.69) is 14.9 Å². The number of anilines is 2. The Bertz CT molecular complexity index is 1000. The van der Waals surface area contributed by atoms with Gasteiger partial charge < -0.3 is 9.80 Å². The first-order valence-corrected chi connectivity index (χ1v) is 11.2. The summed E-state index contributed by atoms with van der Waals surface area (Å²) in [7, 11) is -4.01. The average Bonchev–Trinajstić information content (AvgIpc) is 3.28. The number of piperazine rings is 1. The predicted molar refractivity (Wildman–Crippen MR) is 106 cm³/mol. The summed E-state index contributed by atoms with van der Waals surface area (Å²) in [6.07, 6.45) is -0.675. The molecule has 0 saturated carbocycles. The van der Waals surface area contributed by atoms with Crippen LogP contribution < -0.4 is 9.80 Å². The number of sulfonamides is 1. The zero-order chi connectivity index (χ0) is 21.4. The van der Waals surface area contributed by atoms with Crippen molar-refractivity contribution in [2.75, 3.05) is 49.1 Å². The normalized spacial score (nSPS) is 18.8. The highest BCUT2D eigenvalue weighted by molar-refractivity contribution is 7.89. The first kappa shape index (κ1) is 20.9. The van der Waals surface area contributed by atoms with Crippen LogP contribution in [0.1, 0.15) is 18.4 Å². The van der Waals surface area contributed by atoms with Crippen molar-refractivity contribution < 1.29 is 21.6 Å². The third-order valence-electron chi connectivity index (χ3n) is 5.38. The van der Waals surface area contributed by atoms with Crippen molar-refractivity contribution in [1.29, 1.82) is 0 Å². The number of hydrogen-bond acceptors (Lipinski definition) is 6. The molecule has 0 radical (unpaired) electrons. The van der Waals surface area contributed by atoms with Crippen LogP contribution in [0.25, 0.3) is 0 Å². The number of halogens is 3. The fourth-order valence-corrected chi connectivity index (χ4v) is 5.19. The van der Waals surface area contributed by atoms with E-state index >= 15 is 0 Å². The molecule has 2 aromatic rings. The summed E-state index contributed by atoms with van der Waals surface area (Å²) >= 11 is 0. The summed E-state index contributed by atoms with van der Waals surface area (Å²) in [6, 6.07) is 5.66. The summed E-state index contributed by atoms with van der Waals surface area (Å²) in [4.78, 5) is 12.7. The Kier molecular flexibility index (Phi) is 5.58. The Hall–Kier alpha value is -2.40. The van der Waals surface area contributed by atoms with Gasteiger partial charge in [-0.05, 0) is 37.1 Å². The van der Waals surface area contributed by atoms with Crippen LogP contribution in [0, 0.1) is 0 Å². The molecule has 0 amide bonds. The molecule has 162 valence electrons. The van der Waals surface area contributed by atoms with Crippen LogP contribution in [0.2, 0.25) is 0 Å². The van der Waals surface area contributed by atoms with E-state index in [-0.39, 0.29) is 18.0 Å². The highest BCUT2D eigenvalue weighted by atomic mass is 32.2. The molecule has 2 aliphatic heterocycles. The summed E-state index contributed by atoms with van der Waals surface area (Å²) < 4.78 is 65.8. The molecule has 0 atom stereocenters. The van der Waals surface area contributed by atoms with Gasteiger partial charge in [-0.1, -0.05) is 6.07 Å². The largest absolute Gasteiger partial charge is 0.416 e. The quantitative estimate of drug-likeness (QED) is 0.727. The highest BCUT2D eigenvalue weighted by Crippen LogP contribution is 2.31. The predicted octanol–water partition coefficient (Wildman–Crippen LogP) is 2.61. The minimum Gasteiger partial charge on any atom is -0.354 e. The SMILES string of the molecule is O=S(=O)(c1cccc(C(F)(F)F)c1)N1CCN(c2ccnc(N3CCCC3)n2)CC1. The van der Waals surface area contributed by atoms with Crippen LogP contribution in [0.4, 0.5) is 24.9 Å². The van der Waals surface area contributed by atoms with Crippen molar-refractivity contribution in [2.45, 2.75) is 23.9 Å². The fraction of sp³-hybridized carbons (Fsp3) is 0.474. The van der Waals surface area contributed by atoms with Crippen molar-refractivity contribution in [1.82, 2.24) is 14.3 Å². The molecule has 3 heterocycles. The van der Waals surface area contributed by atoms with Crippen LogP contribution in [-0.4, -0.2) is 62.0 Å². The van der Waals surface area contributed by atoms with Gasteiger partial charge in [0.05, 0.1) is 10.5 Å². The first-order chi connectivity index (χ1) is 14.2. The maximum absolute atomic E-state index is 13.0. The van der Waals surface area contributed by atoms with E-state index in [4.69, 9.17) is 0 Å². The van der Waals surface area contributed by atoms with Crippen LogP contribution in [0.5, 0.6) is 0 Å². The van der Waals surface area contributed by atoms with Gasteiger partial charge in [0.25, 0.3) is 0 Å². The minimum absolute atomic E-state index is 0.168. The van der Waals surface area contributed by atoms with Crippen LogP contribution in [0.3, 0.4) is 0 Å². The maximum atomic E-state index is 13.0. The second-order valence-electron chi connectivity index (χ2n) is 7.33. The molecule has 1 aromatic carbocycles. The topological polar surface area (TPSA) is 69.6 Å². The summed E-state index contributed by atoms with van der Waals surface area (Å²) in [5.41, 5.74) is -0.974. The smallest absolute Gasteiger partial charge is 0.354 e. The summed E-state index contributed by atoms with van der Waals surface area (Å²) in [6.45, 7) is 2.98. The Morgan fingerprint density at radius 3 is 2.27 bits per heavy atom. The van der Waals surface area contributed by atoms with Crippen molar-refractivity contribution in [3.05, 3.63) is 42.1 Å². The van der Waals surface area contributed by atoms with Gasteiger partial charge >= 0.3 is 6.18 Å². The lowest BCUT2D eigenvalue weighted by Gasteiger charge is -2.35. The van der Waals surface area contributed by atoms with E-state index in [1.165, 1.54) is 10.4 Å². The molecular formula is C19H22F3N5O2S. The second-order valence-corrected chi connectivity index (χ2v) is 9.26. The molecule has 0 bridgehead atoms. The van der Waals surface area contributed by atoms with Gasteiger partial charge in [0.2, 0.25) is 16.0 Å². The number of alkyl halides is 3. The van der Waals surface area contributed by atoms with E-state index in [1.54, 1.807) is 12.3 Å². The number of hydrogen-bond donors (Lipinski definition) is 0. The standard InChI is InChI=1S/C19H22F3N5O2S/c20-19(21,22)15-4-3-5-16(14-15)30(28,29)27-12-10-25(11-13-27)17-6-7-23-18(24-17)26-8-1-2-9-26/h3-7,14H,1-2,8-13H2. The molecule has 0 aliphatic carbocycles. The number of rotatable bonds is 4. The molecule has 2 aliphatic rings. The molecular weight excluding hydrogens is 419 g/mol. The van der Waals surface area contributed by atoms with Crippen LogP contribution >= 0.6 is 0 Å². The third kappa shape index (κ3) is 4.22. The third-order valence-corrected chi connectivity index (χ3v) is 7.27. The number of aromatic nitrogens is 2. The molecule has 11 heteroatoms.